The lowest BCUT2D eigenvalue weighted by molar-refractivity contribution is 0.582. The highest BCUT2D eigenvalue weighted by molar-refractivity contribution is 7.89. The smallest absolute Gasteiger partial charge is 0.211 e. The number of nitrogens with one attached hydrogen (secondary N) is 1. The van der Waals surface area contributed by atoms with Gasteiger partial charge in [-0.3, -0.25) is 0 Å². The summed E-state index contributed by atoms with van der Waals surface area (Å²) in [6.45, 7) is 1.88. The highest BCUT2D eigenvalue weighted by atomic mass is 32.2. The van der Waals surface area contributed by atoms with Crippen LogP contribution in [0.4, 0.5) is 4.39 Å². The van der Waals surface area contributed by atoms with Crippen LogP contribution >= 0.6 is 0 Å². The van der Waals surface area contributed by atoms with Crippen LogP contribution < -0.4 is 4.72 Å². The number of hydrogen-bond acceptors (Lipinski definition) is 2. The van der Waals surface area contributed by atoms with Crippen molar-refractivity contribution in [1.29, 1.82) is 0 Å². The van der Waals surface area contributed by atoms with Gasteiger partial charge in [0, 0.05) is 6.54 Å². The molecular formula is C10H14FNO2S. The molecule has 3 nitrogen and oxygen atoms in total. The van der Waals surface area contributed by atoms with Crippen molar-refractivity contribution >= 4 is 10.0 Å². The van der Waals surface area contributed by atoms with Crippen LogP contribution in [0, 0.1) is 5.82 Å². The van der Waals surface area contributed by atoms with Gasteiger partial charge in [-0.15, -0.1) is 0 Å². The maximum Gasteiger partial charge on any atom is 0.211 e. The first-order valence-electron chi connectivity index (χ1n) is 4.75. The Bertz CT molecular complexity index is 417. The largest absolute Gasteiger partial charge is 0.215 e. The van der Waals surface area contributed by atoms with Gasteiger partial charge in [-0.25, -0.2) is 17.5 Å². The number of sulfonamides is 1. The molecule has 0 unspecified atom stereocenters. The Morgan fingerprint density at radius 3 is 2.73 bits per heavy atom. The SMILES string of the molecule is CCS(=O)(=O)NCCc1cccc(F)c1. The Hall–Kier alpha value is -0.940. The zero-order valence-corrected chi connectivity index (χ0v) is 9.35. The Balaban J connectivity index is 2.45. The highest BCUT2D eigenvalue weighted by Crippen LogP contribution is 2.03. The predicted molar refractivity (Wildman–Crippen MR) is 57.6 cm³/mol. The number of halogens is 1. The minimum absolute atomic E-state index is 0.0656. The molecule has 0 atom stereocenters. The molecule has 15 heavy (non-hydrogen) atoms. The predicted octanol–water partition coefficient (Wildman–Crippen LogP) is 1.31. The number of rotatable bonds is 5. The van der Waals surface area contributed by atoms with Crippen LogP contribution in [0.5, 0.6) is 0 Å². The minimum Gasteiger partial charge on any atom is -0.215 e. The normalized spacial score (nSPS) is 11.6. The van der Waals surface area contributed by atoms with E-state index in [0.717, 1.165) is 5.56 Å². The molecule has 0 aromatic heterocycles. The molecule has 84 valence electrons. The molecule has 5 heteroatoms. The van der Waals surface area contributed by atoms with Gasteiger partial charge in [-0.05, 0) is 31.0 Å². The lowest BCUT2D eigenvalue weighted by Gasteiger charge is -2.04. The minimum atomic E-state index is -3.14. The van der Waals surface area contributed by atoms with Crippen molar-refractivity contribution in [3.8, 4) is 0 Å². The summed E-state index contributed by atoms with van der Waals surface area (Å²) in [7, 11) is -3.14. The molecule has 1 N–H and O–H groups in total. The summed E-state index contributed by atoms with van der Waals surface area (Å²) in [5, 5.41) is 0. The molecule has 1 rings (SSSR count). The molecular weight excluding hydrogens is 217 g/mol. The highest BCUT2D eigenvalue weighted by Gasteiger charge is 2.04. The summed E-state index contributed by atoms with van der Waals surface area (Å²) in [6.07, 6.45) is 0.497. The fourth-order valence-corrected chi connectivity index (χ4v) is 1.76. The summed E-state index contributed by atoms with van der Waals surface area (Å²) >= 11 is 0. The van der Waals surface area contributed by atoms with E-state index in [1.165, 1.54) is 12.1 Å². The number of hydrogen-bond donors (Lipinski definition) is 1. The van der Waals surface area contributed by atoms with E-state index >= 15 is 0 Å². The first-order valence-corrected chi connectivity index (χ1v) is 6.40. The van der Waals surface area contributed by atoms with Gasteiger partial charge in [0.2, 0.25) is 10.0 Å². The van der Waals surface area contributed by atoms with E-state index in [1.54, 1.807) is 19.1 Å². The van der Waals surface area contributed by atoms with Gasteiger partial charge < -0.3 is 0 Å². The molecule has 0 amide bonds. The topological polar surface area (TPSA) is 46.2 Å². The molecule has 0 radical (unpaired) electrons. The van der Waals surface area contributed by atoms with E-state index < -0.39 is 10.0 Å². The van der Waals surface area contributed by atoms with E-state index in [4.69, 9.17) is 0 Å². The standard InChI is InChI=1S/C10H14FNO2S/c1-2-15(13,14)12-7-6-9-4-3-5-10(11)8-9/h3-5,8,12H,2,6-7H2,1H3. The van der Waals surface area contributed by atoms with E-state index in [2.05, 4.69) is 4.72 Å². The molecule has 1 aromatic carbocycles. The van der Waals surface area contributed by atoms with E-state index in [0.29, 0.717) is 13.0 Å². The average molecular weight is 231 g/mol. The molecule has 0 heterocycles. The van der Waals surface area contributed by atoms with E-state index in [-0.39, 0.29) is 11.6 Å². The van der Waals surface area contributed by atoms with Crippen molar-refractivity contribution in [2.75, 3.05) is 12.3 Å². The van der Waals surface area contributed by atoms with Gasteiger partial charge >= 0.3 is 0 Å². The molecule has 0 aliphatic rings. The third-order valence-corrected chi connectivity index (χ3v) is 3.41. The van der Waals surface area contributed by atoms with Crippen LogP contribution in [-0.2, 0) is 16.4 Å². The summed E-state index contributed by atoms with van der Waals surface area (Å²) in [5.41, 5.74) is 0.786. The first-order chi connectivity index (χ1) is 7.03. The van der Waals surface area contributed by atoms with Crippen LogP contribution in [0.25, 0.3) is 0 Å². The van der Waals surface area contributed by atoms with Gasteiger partial charge in [0.1, 0.15) is 5.82 Å². The lowest BCUT2D eigenvalue weighted by Crippen LogP contribution is -2.27. The molecule has 0 saturated carbocycles. The fraction of sp³-hybridized carbons (Fsp3) is 0.400. The summed E-state index contributed by atoms with van der Waals surface area (Å²) in [6, 6.07) is 6.14. The summed E-state index contributed by atoms with van der Waals surface area (Å²) in [5.74, 6) is -0.235. The quantitative estimate of drug-likeness (QED) is 0.830. The van der Waals surface area contributed by atoms with Gasteiger partial charge in [0.05, 0.1) is 5.75 Å². The monoisotopic (exact) mass is 231 g/mol. The van der Waals surface area contributed by atoms with Crippen molar-refractivity contribution in [3.05, 3.63) is 35.6 Å². The van der Waals surface area contributed by atoms with Crippen molar-refractivity contribution in [2.45, 2.75) is 13.3 Å². The maximum atomic E-state index is 12.8. The average Bonchev–Trinajstić information content (AvgIpc) is 2.18. The van der Waals surface area contributed by atoms with Gasteiger partial charge in [-0.2, -0.15) is 0 Å². The molecule has 0 saturated heterocycles. The van der Waals surface area contributed by atoms with Crippen molar-refractivity contribution in [2.24, 2.45) is 0 Å². The summed E-state index contributed by atoms with van der Waals surface area (Å²) < 4.78 is 37.3. The maximum absolute atomic E-state index is 12.8. The van der Waals surface area contributed by atoms with E-state index in [1.807, 2.05) is 0 Å². The number of benzene rings is 1. The van der Waals surface area contributed by atoms with Crippen LogP contribution in [-0.4, -0.2) is 20.7 Å². The third-order valence-electron chi connectivity index (χ3n) is 2.00. The zero-order chi connectivity index (χ0) is 11.3. The lowest BCUT2D eigenvalue weighted by atomic mass is 10.1. The summed E-state index contributed by atoms with van der Waals surface area (Å²) in [4.78, 5) is 0. The van der Waals surface area contributed by atoms with Crippen LogP contribution in [0.15, 0.2) is 24.3 Å². The van der Waals surface area contributed by atoms with Gasteiger partial charge in [0.15, 0.2) is 0 Å². The second kappa shape index (κ2) is 5.23. The Morgan fingerprint density at radius 2 is 2.13 bits per heavy atom. The van der Waals surface area contributed by atoms with Crippen LogP contribution in [0.1, 0.15) is 12.5 Å². The van der Waals surface area contributed by atoms with Gasteiger partial charge in [-0.1, -0.05) is 12.1 Å². The van der Waals surface area contributed by atoms with E-state index in [9.17, 15) is 12.8 Å². The molecule has 0 spiro atoms. The second-order valence-electron chi connectivity index (χ2n) is 3.18. The van der Waals surface area contributed by atoms with Crippen LogP contribution in [0.2, 0.25) is 0 Å². The van der Waals surface area contributed by atoms with Crippen molar-refractivity contribution in [3.63, 3.8) is 0 Å². The van der Waals surface area contributed by atoms with Crippen molar-refractivity contribution in [1.82, 2.24) is 4.72 Å². The second-order valence-corrected chi connectivity index (χ2v) is 5.27. The van der Waals surface area contributed by atoms with Crippen molar-refractivity contribution < 1.29 is 12.8 Å². The third kappa shape index (κ3) is 4.40. The first kappa shape index (κ1) is 12.1. The van der Waals surface area contributed by atoms with Crippen LogP contribution in [0.3, 0.4) is 0 Å². The molecule has 0 bridgehead atoms. The Morgan fingerprint density at radius 1 is 1.40 bits per heavy atom. The molecule has 0 aliphatic carbocycles. The fourth-order valence-electron chi connectivity index (χ4n) is 1.15. The zero-order valence-electron chi connectivity index (χ0n) is 8.53. The molecule has 0 fully saturated rings. The Labute approximate surface area is 89.4 Å². The molecule has 1 aromatic rings. The Kier molecular flexibility index (Phi) is 4.23. The molecule has 0 aliphatic heterocycles. The van der Waals surface area contributed by atoms with Gasteiger partial charge in [0.25, 0.3) is 0 Å².